The van der Waals surface area contributed by atoms with E-state index in [-0.39, 0.29) is 125 Å². The molecule has 3 saturated heterocycles. The van der Waals surface area contributed by atoms with Gasteiger partial charge in [0.25, 0.3) is 11.5 Å². The summed E-state index contributed by atoms with van der Waals surface area (Å²) in [6.07, 6.45) is 7.60. The summed E-state index contributed by atoms with van der Waals surface area (Å²) in [5.41, 5.74) is 3.37. The molecule has 3 fully saturated rings. The number of nitrogens with two attached hydrogens (primary N) is 1. The van der Waals surface area contributed by atoms with Crippen LogP contribution in [-0.2, 0) is 37.8 Å². The predicted molar refractivity (Wildman–Crippen MR) is 292 cm³/mol. The summed E-state index contributed by atoms with van der Waals surface area (Å²) in [4.78, 5) is 73.3. The summed E-state index contributed by atoms with van der Waals surface area (Å²) in [5.74, 6) is -2.89. The number of benzene rings is 4. The molecule has 22 heteroatoms. The van der Waals surface area contributed by atoms with Crippen LogP contribution in [0.25, 0.3) is 55.1 Å². The van der Waals surface area contributed by atoms with Crippen LogP contribution in [0.2, 0.25) is 0 Å². The second kappa shape index (κ2) is 19.1. The highest BCUT2D eigenvalue weighted by atomic mass is 19.1. The lowest BCUT2D eigenvalue weighted by atomic mass is 9.86. The molecule has 0 spiro atoms. The molecule has 0 aliphatic carbocycles. The first-order chi connectivity index (χ1) is 39.3. The number of carbonyl (C=O) groups excluding carboxylic acids is 3. The Hall–Kier alpha value is -8.94. The first kappa shape index (κ1) is 52.4. The fourth-order valence-corrected chi connectivity index (χ4v) is 13.0. The summed E-state index contributed by atoms with van der Waals surface area (Å²) < 4.78 is 98.7. The summed E-state index contributed by atoms with van der Waals surface area (Å²) >= 11 is 0. The monoisotopic (exact) mass is 1120 g/mol. The predicted octanol–water partition coefficient (Wildman–Crippen LogP) is 8.07. The van der Waals surface area contributed by atoms with Gasteiger partial charge in [-0.05, 0) is 86.1 Å². The second-order valence-corrected chi connectivity index (χ2v) is 21.8. The molecule has 0 saturated carbocycles. The largest absolute Gasteiger partial charge is 0.461 e. The van der Waals surface area contributed by atoms with Crippen molar-refractivity contribution >= 4 is 67.7 Å². The van der Waals surface area contributed by atoms with Crippen LogP contribution in [0.15, 0.2) is 83.7 Å². The van der Waals surface area contributed by atoms with E-state index in [1.165, 1.54) is 35.8 Å². The maximum atomic E-state index is 17.5. The summed E-state index contributed by atoms with van der Waals surface area (Å²) in [5, 5.41) is 14.4. The number of alkyl halides is 1. The van der Waals surface area contributed by atoms with Gasteiger partial charge in [-0.15, -0.1) is 6.42 Å². The van der Waals surface area contributed by atoms with Crippen LogP contribution in [0, 0.1) is 35.6 Å². The molecule has 2 bridgehead atoms. The number of ether oxygens (including phenoxy) is 3. The van der Waals surface area contributed by atoms with E-state index >= 15 is 17.6 Å². The Morgan fingerprint density at radius 3 is 2.54 bits per heavy atom. The highest BCUT2D eigenvalue weighted by Crippen LogP contribution is 2.45. The number of hydrogen-bond donors (Lipinski definition) is 3. The number of cyclic esters (lactones) is 1. The first-order valence-corrected chi connectivity index (χ1v) is 26.7. The van der Waals surface area contributed by atoms with Gasteiger partial charge < -0.3 is 39.4 Å². The van der Waals surface area contributed by atoms with Crippen LogP contribution in [0.4, 0.5) is 43.9 Å². The Bertz CT molecular complexity index is 4150. The SMILES string of the molecule is C#Cc1c(F)ccc2cc(N)cc(-c3c(F)cc4c(N5CC6C=CC(C5)N6C(=O)C(=C)[C@@H](C)OC(=O)Nc5cc6cc7c(nc6cc5F)-c5cc6c(c(=O)n5C7)COC(=O)[C@]6(O)CC)nc(OC[C@@]56CCCN5C[C@H](F)C6)nc4c3F)c12. The number of esters is 1. The van der Waals surface area contributed by atoms with Gasteiger partial charge in [-0.2, -0.15) is 9.97 Å². The van der Waals surface area contributed by atoms with Crippen molar-refractivity contribution in [3.8, 4) is 40.9 Å². The maximum absolute atomic E-state index is 17.5. The van der Waals surface area contributed by atoms with E-state index in [9.17, 15) is 28.7 Å². The third-order valence-corrected chi connectivity index (χ3v) is 17.1. The highest BCUT2D eigenvalue weighted by Gasteiger charge is 2.50. The lowest BCUT2D eigenvalue weighted by Crippen LogP contribution is -2.57. The quantitative estimate of drug-likeness (QED) is 0.0296. The van der Waals surface area contributed by atoms with Crippen LogP contribution in [0.3, 0.4) is 0 Å². The molecule has 6 aliphatic rings. The van der Waals surface area contributed by atoms with Gasteiger partial charge in [-0.1, -0.05) is 37.6 Å². The zero-order valence-electron chi connectivity index (χ0n) is 44.1. The Kier molecular flexibility index (Phi) is 12.2. The highest BCUT2D eigenvalue weighted by molar-refractivity contribution is 6.05. The lowest BCUT2D eigenvalue weighted by Gasteiger charge is -2.42. The third-order valence-electron chi connectivity index (χ3n) is 17.1. The molecule has 13 rings (SSSR count). The molecule has 9 heterocycles. The Morgan fingerprint density at radius 2 is 1.78 bits per heavy atom. The number of fused-ring (bicyclic) bond motifs is 10. The van der Waals surface area contributed by atoms with Crippen LogP contribution >= 0.6 is 0 Å². The van der Waals surface area contributed by atoms with Gasteiger partial charge in [0.05, 0.1) is 69.0 Å². The Morgan fingerprint density at radius 1 is 1.00 bits per heavy atom. The number of carbonyl (C=O) groups is 3. The molecule has 418 valence electrons. The van der Waals surface area contributed by atoms with Crippen molar-refractivity contribution in [1.82, 2.24) is 29.3 Å². The number of nitrogens with zero attached hydrogens (tertiary/aromatic N) is 7. The molecule has 7 aromatic rings. The maximum Gasteiger partial charge on any atom is 0.412 e. The van der Waals surface area contributed by atoms with Crippen LogP contribution in [0.5, 0.6) is 6.01 Å². The van der Waals surface area contributed by atoms with E-state index in [1.807, 2.05) is 4.90 Å². The molecule has 2 amide bonds. The zero-order valence-corrected chi connectivity index (χ0v) is 44.1. The number of anilines is 3. The standard InChI is InChI=1S/C60H50F5N9O8/c1-5-37-42(62)11-8-30-15-34(66)17-38(48(30)37)49-44(64)18-39-52(50(49)65)69-57(81-27-59-12-7-13-72(59)23-33(61)21-59)70-53(39)71-24-35-9-10-36(25-71)74(35)54(75)28(3)29(4)82-58(78)68-46-16-31-14-32-22-73-47(51(32)67-45(31)20-43(46)63)19-41-40(55(73)76)26-80-56(77)60(41,79)6-2/h1,8-11,14-20,29,33,35-36,79H,3,6-7,12-13,21-27,66H2,2,4H3,(H,68,78)/t29-,33-,35?,36?,59+,60+/m1/s1. The van der Waals surface area contributed by atoms with E-state index in [4.69, 9.17) is 31.4 Å². The number of halogens is 5. The van der Waals surface area contributed by atoms with Crippen molar-refractivity contribution in [1.29, 1.82) is 0 Å². The number of nitrogens with one attached hydrogen (secondary N) is 1. The zero-order chi connectivity index (χ0) is 57.4. The normalized spacial score (nSPS) is 22.7. The van der Waals surface area contributed by atoms with Crippen LogP contribution < -0.4 is 26.2 Å². The molecule has 4 aromatic carbocycles. The van der Waals surface area contributed by atoms with E-state index in [1.54, 1.807) is 41.0 Å². The number of aliphatic hydroxyl groups is 1. The second-order valence-electron chi connectivity index (χ2n) is 21.8. The topological polar surface area (TPSA) is 208 Å². The first-order valence-electron chi connectivity index (χ1n) is 26.7. The van der Waals surface area contributed by atoms with E-state index < -0.39 is 87.9 Å². The minimum atomic E-state index is -2.03. The van der Waals surface area contributed by atoms with Gasteiger partial charge in [0.1, 0.15) is 54.3 Å². The molecule has 0 radical (unpaired) electrons. The molecular formula is C60H50F5N9O8. The van der Waals surface area contributed by atoms with Crippen molar-refractivity contribution in [3.63, 3.8) is 0 Å². The number of hydrogen-bond acceptors (Lipinski definition) is 14. The van der Waals surface area contributed by atoms with Crippen molar-refractivity contribution in [2.75, 3.05) is 48.7 Å². The lowest BCUT2D eigenvalue weighted by molar-refractivity contribution is -0.172. The number of aromatic nitrogens is 4. The fourth-order valence-electron chi connectivity index (χ4n) is 13.0. The number of piperazine rings is 1. The van der Waals surface area contributed by atoms with Gasteiger partial charge in [0.15, 0.2) is 11.4 Å². The fraction of sp³-hybridized carbons (Fsp3) is 0.317. The van der Waals surface area contributed by atoms with Crippen LogP contribution in [0.1, 0.15) is 61.8 Å². The summed E-state index contributed by atoms with van der Waals surface area (Å²) in [6.45, 7) is 7.80. The van der Waals surface area contributed by atoms with E-state index in [2.05, 4.69) is 27.8 Å². The molecule has 2 unspecified atom stereocenters. The van der Waals surface area contributed by atoms with Crippen molar-refractivity contribution in [2.24, 2.45) is 0 Å². The van der Waals surface area contributed by atoms with Crippen LogP contribution in [-0.4, -0.2) is 115 Å². The molecule has 6 aliphatic heterocycles. The van der Waals surface area contributed by atoms with Crippen molar-refractivity contribution in [3.05, 3.63) is 135 Å². The van der Waals surface area contributed by atoms with Gasteiger partial charge >= 0.3 is 18.1 Å². The molecule has 4 N–H and O–H groups in total. The summed E-state index contributed by atoms with van der Waals surface area (Å²) in [7, 11) is 0. The third kappa shape index (κ3) is 8.14. The average molecular weight is 1120 g/mol. The van der Waals surface area contributed by atoms with Gasteiger partial charge in [-0.3, -0.25) is 19.8 Å². The summed E-state index contributed by atoms with van der Waals surface area (Å²) in [6, 6.07) is 10.6. The average Bonchev–Trinajstić information content (AvgIpc) is 2.91. The number of nitrogen functional groups attached to an aromatic ring is 1. The van der Waals surface area contributed by atoms with Gasteiger partial charge in [0, 0.05) is 65.1 Å². The Balaban J connectivity index is 0.745. The van der Waals surface area contributed by atoms with Crippen molar-refractivity contribution in [2.45, 2.75) is 88.2 Å². The molecule has 17 nitrogen and oxygen atoms in total. The van der Waals surface area contributed by atoms with E-state index in [0.29, 0.717) is 40.7 Å². The minimum absolute atomic E-state index is 0.0121. The van der Waals surface area contributed by atoms with Gasteiger partial charge in [-0.25, -0.2) is 36.5 Å². The molecule has 3 aromatic heterocycles. The number of rotatable bonds is 10. The smallest absolute Gasteiger partial charge is 0.412 e. The number of amides is 2. The minimum Gasteiger partial charge on any atom is -0.461 e. The van der Waals surface area contributed by atoms with Crippen molar-refractivity contribution < 1.29 is 55.7 Å². The van der Waals surface area contributed by atoms with E-state index in [0.717, 1.165) is 24.6 Å². The number of pyridine rings is 2. The number of terminal acetylenes is 1. The molecular weight excluding hydrogens is 1070 g/mol. The molecule has 6 atom stereocenters. The van der Waals surface area contributed by atoms with Gasteiger partial charge in [0.2, 0.25) is 0 Å². The molecule has 82 heavy (non-hydrogen) atoms. The Labute approximate surface area is 463 Å².